The van der Waals surface area contributed by atoms with Crippen molar-refractivity contribution in [3.8, 4) is 6.07 Å². The number of fused-ring (bicyclic) bond motifs is 3. The van der Waals surface area contributed by atoms with E-state index in [1.165, 1.54) is 13.1 Å². The first-order chi connectivity index (χ1) is 10.6. The lowest BCUT2D eigenvalue weighted by molar-refractivity contribution is -0.114. The number of aromatic nitrogens is 3. The largest absolute Gasteiger partial charge is 0.353 e. The smallest absolute Gasteiger partial charge is 0.222 e. The van der Waals surface area contributed by atoms with Gasteiger partial charge in [0.15, 0.2) is 5.65 Å². The number of nitrogens with one attached hydrogen (secondary N) is 1. The van der Waals surface area contributed by atoms with Crippen molar-refractivity contribution < 1.29 is 4.79 Å². The average molecular weight is 298 g/mol. The SMILES string of the molecule is CCC(C)N1CCc2c(NC(C)=O)nc3c(C#N)cnn3c21. The standard InChI is InChI=1S/C15H18N6O/c1-4-9(2)20-6-5-12-13(18-10(3)22)19-14-11(7-16)8-17-21(14)15(12)20/h8-9H,4-6H2,1-3H3,(H,18,19,22). The second kappa shape index (κ2) is 5.30. The first-order valence-electron chi connectivity index (χ1n) is 7.41. The van der Waals surface area contributed by atoms with Crippen LogP contribution in [-0.2, 0) is 11.2 Å². The number of nitrogens with zero attached hydrogens (tertiary/aromatic N) is 5. The summed E-state index contributed by atoms with van der Waals surface area (Å²) in [6.07, 6.45) is 3.33. The third-order valence-corrected chi connectivity index (χ3v) is 4.13. The lowest BCUT2D eigenvalue weighted by Crippen LogP contribution is -2.32. The molecule has 1 aliphatic rings. The molecule has 0 aliphatic carbocycles. The molecule has 7 heteroatoms. The summed E-state index contributed by atoms with van der Waals surface area (Å²) in [5, 5.41) is 16.3. The molecule has 0 radical (unpaired) electrons. The van der Waals surface area contributed by atoms with Crippen molar-refractivity contribution in [3.05, 3.63) is 17.3 Å². The van der Waals surface area contributed by atoms with E-state index < -0.39 is 0 Å². The van der Waals surface area contributed by atoms with Crippen LogP contribution in [0.5, 0.6) is 0 Å². The molecule has 2 aromatic rings. The molecule has 1 amide bonds. The number of carbonyl (C=O) groups excluding carboxylic acids is 1. The minimum absolute atomic E-state index is 0.168. The fourth-order valence-electron chi connectivity index (χ4n) is 2.87. The maximum atomic E-state index is 11.5. The number of rotatable bonds is 3. The van der Waals surface area contributed by atoms with E-state index in [9.17, 15) is 10.1 Å². The minimum atomic E-state index is -0.168. The highest BCUT2D eigenvalue weighted by Gasteiger charge is 2.30. The molecular formula is C15H18N6O. The van der Waals surface area contributed by atoms with Gasteiger partial charge >= 0.3 is 0 Å². The fourth-order valence-corrected chi connectivity index (χ4v) is 2.87. The van der Waals surface area contributed by atoms with Gasteiger partial charge in [0.05, 0.1) is 6.20 Å². The van der Waals surface area contributed by atoms with Crippen LogP contribution in [0.25, 0.3) is 5.65 Å². The van der Waals surface area contributed by atoms with Crippen LogP contribution < -0.4 is 10.2 Å². The Kier molecular flexibility index (Phi) is 3.45. The van der Waals surface area contributed by atoms with Crippen LogP contribution in [0.3, 0.4) is 0 Å². The van der Waals surface area contributed by atoms with Crippen molar-refractivity contribution in [3.63, 3.8) is 0 Å². The molecule has 1 unspecified atom stereocenters. The normalized spacial score (nSPS) is 14.7. The van der Waals surface area contributed by atoms with Gasteiger partial charge in [0, 0.05) is 25.1 Å². The van der Waals surface area contributed by atoms with Crippen molar-refractivity contribution in [2.24, 2.45) is 0 Å². The van der Waals surface area contributed by atoms with E-state index in [-0.39, 0.29) is 5.91 Å². The van der Waals surface area contributed by atoms with Crippen molar-refractivity contribution in [2.45, 2.75) is 39.7 Å². The Labute approximate surface area is 128 Å². The van der Waals surface area contributed by atoms with E-state index in [0.717, 1.165) is 30.8 Å². The molecule has 3 rings (SSSR count). The Morgan fingerprint density at radius 3 is 3.00 bits per heavy atom. The molecule has 0 fully saturated rings. The van der Waals surface area contributed by atoms with Crippen LogP contribution in [0.15, 0.2) is 6.20 Å². The van der Waals surface area contributed by atoms with E-state index in [1.54, 1.807) is 4.52 Å². The maximum Gasteiger partial charge on any atom is 0.222 e. The van der Waals surface area contributed by atoms with Gasteiger partial charge in [-0.1, -0.05) is 6.92 Å². The summed E-state index contributed by atoms with van der Waals surface area (Å²) in [6, 6.07) is 2.46. The highest BCUT2D eigenvalue weighted by Crippen LogP contribution is 2.35. The van der Waals surface area contributed by atoms with E-state index >= 15 is 0 Å². The summed E-state index contributed by atoms with van der Waals surface area (Å²) >= 11 is 0. The van der Waals surface area contributed by atoms with Gasteiger partial charge in [-0.3, -0.25) is 4.79 Å². The molecule has 0 bridgehead atoms. The lowest BCUT2D eigenvalue weighted by Gasteiger charge is -2.26. The quantitative estimate of drug-likeness (QED) is 0.932. The third kappa shape index (κ3) is 2.08. The van der Waals surface area contributed by atoms with E-state index in [1.807, 2.05) is 0 Å². The van der Waals surface area contributed by atoms with Gasteiger partial charge in [-0.25, -0.2) is 4.98 Å². The molecule has 1 N–H and O–H groups in total. The fraction of sp³-hybridized carbons (Fsp3) is 0.467. The molecule has 0 saturated heterocycles. The molecular weight excluding hydrogens is 280 g/mol. The molecule has 2 aromatic heterocycles. The van der Waals surface area contributed by atoms with Crippen LogP contribution >= 0.6 is 0 Å². The zero-order chi connectivity index (χ0) is 15.9. The summed E-state index contributed by atoms with van der Waals surface area (Å²) in [5.74, 6) is 1.31. The van der Waals surface area contributed by atoms with Crippen molar-refractivity contribution >= 4 is 23.2 Å². The summed E-state index contributed by atoms with van der Waals surface area (Å²) in [5.41, 5.74) is 1.88. The second-order valence-electron chi connectivity index (χ2n) is 5.55. The van der Waals surface area contributed by atoms with Crippen LogP contribution in [0, 0.1) is 11.3 Å². The third-order valence-electron chi connectivity index (χ3n) is 4.13. The summed E-state index contributed by atoms with van der Waals surface area (Å²) in [4.78, 5) is 18.2. The summed E-state index contributed by atoms with van der Waals surface area (Å²) in [7, 11) is 0. The molecule has 0 saturated carbocycles. The Hall–Kier alpha value is -2.62. The topological polar surface area (TPSA) is 86.3 Å². The maximum absolute atomic E-state index is 11.5. The summed E-state index contributed by atoms with van der Waals surface area (Å²) < 4.78 is 1.72. The van der Waals surface area contributed by atoms with Gasteiger partial charge < -0.3 is 10.2 Å². The Morgan fingerprint density at radius 2 is 2.36 bits per heavy atom. The lowest BCUT2D eigenvalue weighted by atomic mass is 10.2. The monoisotopic (exact) mass is 298 g/mol. The number of anilines is 2. The highest BCUT2D eigenvalue weighted by molar-refractivity contribution is 5.90. The molecule has 3 heterocycles. The molecule has 0 spiro atoms. The molecule has 1 atom stereocenters. The van der Waals surface area contributed by atoms with Crippen molar-refractivity contribution in [1.29, 1.82) is 5.26 Å². The number of hydrogen-bond acceptors (Lipinski definition) is 5. The predicted octanol–water partition coefficient (Wildman–Crippen LogP) is 1.72. The van der Waals surface area contributed by atoms with Crippen LogP contribution in [-0.4, -0.2) is 33.1 Å². The van der Waals surface area contributed by atoms with Crippen LogP contribution in [0.1, 0.15) is 38.3 Å². The van der Waals surface area contributed by atoms with Gasteiger partial charge in [0.2, 0.25) is 5.91 Å². The van der Waals surface area contributed by atoms with Crippen LogP contribution in [0.2, 0.25) is 0 Å². The Morgan fingerprint density at radius 1 is 1.59 bits per heavy atom. The minimum Gasteiger partial charge on any atom is -0.353 e. The predicted molar refractivity (Wildman–Crippen MR) is 82.8 cm³/mol. The zero-order valence-corrected chi connectivity index (χ0v) is 12.9. The molecule has 0 aromatic carbocycles. The number of carbonyl (C=O) groups is 1. The second-order valence-corrected chi connectivity index (χ2v) is 5.55. The van der Waals surface area contributed by atoms with Crippen molar-refractivity contribution in [2.75, 3.05) is 16.8 Å². The number of hydrogen-bond donors (Lipinski definition) is 1. The highest BCUT2D eigenvalue weighted by atomic mass is 16.1. The molecule has 7 nitrogen and oxygen atoms in total. The van der Waals surface area contributed by atoms with Crippen molar-refractivity contribution in [1.82, 2.24) is 14.6 Å². The van der Waals surface area contributed by atoms with Gasteiger partial charge in [-0.2, -0.15) is 14.9 Å². The first kappa shape index (κ1) is 14.3. The van der Waals surface area contributed by atoms with Gasteiger partial charge in [-0.15, -0.1) is 0 Å². The molecule has 114 valence electrons. The first-order valence-corrected chi connectivity index (χ1v) is 7.41. The number of nitriles is 1. The summed E-state index contributed by atoms with van der Waals surface area (Å²) in [6.45, 7) is 6.62. The van der Waals surface area contributed by atoms with Gasteiger partial charge in [-0.05, 0) is 19.8 Å². The van der Waals surface area contributed by atoms with E-state index in [0.29, 0.717) is 23.1 Å². The molecule has 1 aliphatic heterocycles. The zero-order valence-electron chi connectivity index (χ0n) is 12.9. The van der Waals surface area contributed by atoms with Gasteiger partial charge in [0.1, 0.15) is 23.3 Å². The van der Waals surface area contributed by atoms with Gasteiger partial charge in [0.25, 0.3) is 0 Å². The molecule has 22 heavy (non-hydrogen) atoms. The Bertz CT molecular complexity index is 787. The Balaban J connectivity index is 2.27. The van der Waals surface area contributed by atoms with E-state index in [2.05, 4.69) is 40.2 Å². The average Bonchev–Trinajstić information content (AvgIpc) is 3.09. The van der Waals surface area contributed by atoms with Crippen LogP contribution in [0.4, 0.5) is 11.6 Å². The number of amides is 1. The van der Waals surface area contributed by atoms with E-state index in [4.69, 9.17) is 0 Å².